The van der Waals surface area contributed by atoms with Crippen LogP contribution in [0.25, 0.3) is 0 Å². The van der Waals surface area contributed by atoms with Crippen molar-refractivity contribution in [1.82, 2.24) is 19.6 Å². The van der Waals surface area contributed by atoms with E-state index in [1.54, 1.807) is 9.58 Å². The van der Waals surface area contributed by atoms with Gasteiger partial charge in [0.25, 0.3) is 5.91 Å². The molecule has 1 aromatic rings. The molecule has 20 heavy (non-hydrogen) atoms. The summed E-state index contributed by atoms with van der Waals surface area (Å²) in [6.45, 7) is 0.627. The van der Waals surface area contributed by atoms with E-state index in [1.807, 2.05) is 18.0 Å². The number of hydrogen-bond donors (Lipinski definition) is 0. The molecule has 1 aromatic heterocycles. The lowest BCUT2D eigenvalue weighted by Crippen LogP contribution is -2.32. The summed E-state index contributed by atoms with van der Waals surface area (Å²) < 4.78 is 1.81. The molecule has 0 spiro atoms. The molecule has 1 aliphatic heterocycles. The second-order valence-electron chi connectivity index (χ2n) is 6.09. The Morgan fingerprint density at radius 1 is 1.30 bits per heavy atom. The van der Waals surface area contributed by atoms with E-state index in [2.05, 4.69) is 5.10 Å². The summed E-state index contributed by atoms with van der Waals surface area (Å²) in [5, 5.41) is 4.32. The maximum atomic E-state index is 12.5. The highest BCUT2D eigenvalue weighted by Crippen LogP contribution is 2.40. The molecule has 3 fully saturated rings. The van der Waals surface area contributed by atoms with Crippen molar-refractivity contribution in [2.45, 2.75) is 37.6 Å². The molecule has 6 heteroatoms. The maximum Gasteiger partial charge on any atom is 0.276 e. The van der Waals surface area contributed by atoms with Crippen LogP contribution in [0, 0.1) is 0 Å². The van der Waals surface area contributed by atoms with Gasteiger partial charge in [-0.3, -0.25) is 14.3 Å². The number of hydrogen-bond acceptors (Lipinski definition) is 3. The summed E-state index contributed by atoms with van der Waals surface area (Å²) in [7, 11) is 1.88. The Morgan fingerprint density at radius 3 is 2.70 bits per heavy atom. The molecule has 6 nitrogen and oxygen atoms in total. The zero-order chi connectivity index (χ0) is 13.9. The summed E-state index contributed by atoms with van der Waals surface area (Å²) in [5.74, 6) is 0.514. The first-order valence-electron chi connectivity index (χ1n) is 7.26. The van der Waals surface area contributed by atoms with Crippen LogP contribution < -0.4 is 0 Å². The topological polar surface area (TPSA) is 58.4 Å². The van der Waals surface area contributed by atoms with Crippen molar-refractivity contribution in [3.05, 3.63) is 17.5 Å². The fourth-order valence-corrected chi connectivity index (χ4v) is 2.92. The van der Waals surface area contributed by atoms with Crippen LogP contribution in [0.1, 0.15) is 47.8 Å². The number of aromatic nitrogens is 2. The third-order valence-electron chi connectivity index (χ3n) is 4.38. The Hall–Kier alpha value is -1.85. The van der Waals surface area contributed by atoms with Gasteiger partial charge in [0.05, 0.1) is 6.67 Å². The Labute approximate surface area is 117 Å². The zero-order valence-corrected chi connectivity index (χ0v) is 11.6. The third kappa shape index (κ3) is 1.90. The van der Waals surface area contributed by atoms with E-state index in [1.165, 1.54) is 12.8 Å². The molecule has 1 saturated heterocycles. The van der Waals surface area contributed by atoms with Crippen molar-refractivity contribution >= 4 is 11.8 Å². The first kappa shape index (κ1) is 11.9. The molecule has 106 valence electrons. The van der Waals surface area contributed by atoms with Gasteiger partial charge in [-0.2, -0.15) is 5.10 Å². The van der Waals surface area contributed by atoms with Gasteiger partial charge in [0, 0.05) is 24.7 Å². The van der Waals surface area contributed by atoms with Gasteiger partial charge in [-0.1, -0.05) is 0 Å². The minimum Gasteiger partial charge on any atom is -0.320 e. The van der Waals surface area contributed by atoms with Crippen LogP contribution in [0.3, 0.4) is 0 Å². The highest BCUT2D eigenvalue weighted by molar-refractivity contribution is 5.96. The number of nitrogens with zero attached hydrogens (tertiary/aromatic N) is 4. The van der Waals surface area contributed by atoms with E-state index in [0.717, 1.165) is 18.5 Å². The number of carbonyl (C=O) groups is 2. The second kappa shape index (κ2) is 4.07. The van der Waals surface area contributed by atoms with Crippen LogP contribution in [0.5, 0.6) is 0 Å². The van der Waals surface area contributed by atoms with Gasteiger partial charge in [0.15, 0.2) is 5.69 Å². The van der Waals surface area contributed by atoms with Crippen molar-refractivity contribution in [2.24, 2.45) is 7.05 Å². The van der Waals surface area contributed by atoms with E-state index < -0.39 is 0 Å². The van der Waals surface area contributed by atoms with E-state index in [0.29, 0.717) is 24.3 Å². The molecule has 0 unspecified atom stereocenters. The van der Waals surface area contributed by atoms with E-state index in [-0.39, 0.29) is 18.4 Å². The molecule has 0 N–H and O–H groups in total. The maximum absolute atomic E-state index is 12.5. The van der Waals surface area contributed by atoms with Crippen molar-refractivity contribution in [3.63, 3.8) is 0 Å². The lowest BCUT2D eigenvalue weighted by Gasteiger charge is -2.16. The molecule has 2 amide bonds. The average Bonchev–Trinajstić information content (AvgIpc) is 3.34. The Kier molecular flexibility index (Phi) is 2.43. The summed E-state index contributed by atoms with van der Waals surface area (Å²) in [6, 6.07) is 2.26. The molecule has 2 saturated carbocycles. The Bertz CT molecular complexity index is 586. The summed E-state index contributed by atoms with van der Waals surface area (Å²) in [6.07, 6.45) is 4.52. The van der Waals surface area contributed by atoms with E-state index >= 15 is 0 Å². The summed E-state index contributed by atoms with van der Waals surface area (Å²) in [5.41, 5.74) is 1.61. The first-order valence-corrected chi connectivity index (χ1v) is 7.26. The number of aryl methyl sites for hydroxylation is 1. The molecule has 0 bridgehead atoms. The smallest absolute Gasteiger partial charge is 0.276 e. The highest BCUT2D eigenvalue weighted by Gasteiger charge is 2.40. The van der Waals surface area contributed by atoms with Crippen molar-refractivity contribution in [2.75, 3.05) is 13.2 Å². The average molecular weight is 274 g/mol. The molecule has 0 aromatic carbocycles. The SMILES string of the molecule is Cn1nc(C(=O)N2CC(=O)N(C3CC3)C2)cc1C1CC1. The van der Waals surface area contributed by atoms with Gasteiger partial charge >= 0.3 is 0 Å². The summed E-state index contributed by atoms with van der Waals surface area (Å²) >= 11 is 0. The predicted octanol–water partition coefficient (Wildman–Crippen LogP) is 0.702. The second-order valence-corrected chi connectivity index (χ2v) is 6.09. The van der Waals surface area contributed by atoms with E-state index in [9.17, 15) is 9.59 Å². The molecule has 4 rings (SSSR count). The number of carbonyl (C=O) groups excluding carboxylic acids is 2. The quantitative estimate of drug-likeness (QED) is 0.815. The Balaban J connectivity index is 1.52. The number of rotatable bonds is 3. The molecule has 2 heterocycles. The fourth-order valence-electron chi connectivity index (χ4n) is 2.92. The minimum atomic E-state index is -0.121. The molecule has 3 aliphatic rings. The minimum absolute atomic E-state index is 0.0687. The van der Waals surface area contributed by atoms with Gasteiger partial charge in [-0.15, -0.1) is 0 Å². The van der Waals surface area contributed by atoms with Crippen LogP contribution in [-0.4, -0.2) is 50.6 Å². The van der Waals surface area contributed by atoms with Gasteiger partial charge in [0.2, 0.25) is 5.91 Å². The molecular formula is C14H18N4O2. The lowest BCUT2D eigenvalue weighted by molar-refractivity contribution is -0.127. The fraction of sp³-hybridized carbons (Fsp3) is 0.643. The largest absolute Gasteiger partial charge is 0.320 e. The zero-order valence-electron chi connectivity index (χ0n) is 11.6. The molecule has 2 aliphatic carbocycles. The van der Waals surface area contributed by atoms with Crippen molar-refractivity contribution in [3.8, 4) is 0 Å². The first-order chi connectivity index (χ1) is 9.63. The molecule has 0 radical (unpaired) electrons. The molecular weight excluding hydrogens is 256 g/mol. The van der Waals surface area contributed by atoms with Crippen LogP contribution in [-0.2, 0) is 11.8 Å². The lowest BCUT2D eigenvalue weighted by atomic mass is 10.2. The van der Waals surface area contributed by atoms with Crippen LogP contribution >= 0.6 is 0 Å². The predicted molar refractivity (Wildman–Crippen MR) is 71.0 cm³/mol. The monoisotopic (exact) mass is 274 g/mol. The van der Waals surface area contributed by atoms with Crippen LogP contribution in [0.4, 0.5) is 0 Å². The van der Waals surface area contributed by atoms with E-state index in [4.69, 9.17) is 0 Å². The Morgan fingerprint density at radius 2 is 2.05 bits per heavy atom. The standard InChI is InChI=1S/C14H18N4O2/c1-16-12(9-2-3-9)6-11(15-16)14(20)17-7-13(19)18(8-17)10-4-5-10/h6,9-10H,2-5,7-8H2,1H3. The number of amides is 2. The van der Waals surface area contributed by atoms with Crippen molar-refractivity contribution < 1.29 is 9.59 Å². The van der Waals surface area contributed by atoms with Gasteiger partial charge in [0.1, 0.15) is 6.54 Å². The normalized spacial score (nSPS) is 22.8. The van der Waals surface area contributed by atoms with Gasteiger partial charge in [-0.05, 0) is 31.7 Å². The highest BCUT2D eigenvalue weighted by atomic mass is 16.2. The third-order valence-corrected chi connectivity index (χ3v) is 4.38. The van der Waals surface area contributed by atoms with Crippen LogP contribution in [0.2, 0.25) is 0 Å². The van der Waals surface area contributed by atoms with Gasteiger partial charge < -0.3 is 9.80 Å². The van der Waals surface area contributed by atoms with Crippen LogP contribution in [0.15, 0.2) is 6.07 Å². The molecule has 0 atom stereocenters. The van der Waals surface area contributed by atoms with Gasteiger partial charge in [-0.25, -0.2) is 0 Å². The van der Waals surface area contributed by atoms with Crippen molar-refractivity contribution in [1.29, 1.82) is 0 Å². The summed E-state index contributed by atoms with van der Waals surface area (Å²) in [4.78, 5) is 27.8.